The Bertz CT molecular complexity index is 939. The third-order valence-electron chi connectivity index (χ3n) is 5.45. The average molecular weight is 368 g/mol. The van der Waals surface area contributed by atoms with Gasteiger partial charge in [0.2, 0.25) is 0 Å². The smallest absolute Gasteiger partial charge is 0.176 e. The molecule has 1 fully saturated rings. The van der Waals surface area contributed by atoms with Gasteiger partial charge in [-0.2, -0.15) is 0 Å². The van der Waals surface area contributed by atoms with E-state index in [0.717, 1.165) is 31.9 Å². The first-order valence-corrected chi connectivity index (χ1v) is 9.62. The summed E-state index contributed by atoms with van der Waals surface area (Å²) in [5, 5.41) is 11.1. The number of nitrogens with zero attached hydrogens (tertiary/aromatic N) is 2. The highest BCUT2D eigenvalue weighted by Gasteiger charge is 2.29. The zero-order valence-electron chi connectivity index (χ0n) is 15.8. The van der Waals surface area contributed by atoms with Crippen molar-refractivity contribution < 1.29 is 5.11 Å². The molecule has 1 unspecified atom stereocenters. The second-order valence-corrected chi connectivity index (χ2v) is 7.08. The van der Waals surface area contributed by atoms with Gasteiger partial charge in [0.15, 0.2) is 5.60 Å². The number of terminal acetylenes is 1. The van der Waals surface area contributed by atoms with Crippen LogP contribution in [0.3, 0.4) is 0 Å². The summed E-state index contributed by atoms with van der Waals surface area (Å²) in [4.78, 5) is 4.79. The summed E-state index contributed by atoms with van der Waals surface area (Å²) >= 11 is 0. The molecule has 0 aromatic heterocycles. The van der Waals surface area contributed by atoms with E-state index < -0.39 is 5.60 Å². The number of aliphatic hydroxyl groups is 1. The Balaban J connectivity index is 1.48. The molecule has 28 heavy (non-hydrogen) atoms. The SMILES string of the molecule is C#CC(O)(c1ccccc1)c1ccc(N2CCN(c3ccccc3)CC2)cc1. The average Bonchev–Trinajstić information content (AvgIpc) is 2.80. The lowest BCUT2D eigenvalue weighted by molar-refractivity contribution is 0.145. The van der Waals surface area contributed by atoms with Gasteiger partial charge in [-0.1, -0.05) is 66.6 Å². The van der Waals surface area contributed by atoms with Gasteiger partial charge in [0.1, 0.15) is 0 Å². The first kappa shape index (κ1) is 18.2. The van der Waals surface area contributed by atoms with Crippen molar-refractivity contribution in [2.75, 3.05) is 36.0 Å². The van der Waals surface area contributed by atoms with Crippen LogP contribution in [0.15, 0.2) is 84.9 Å². The minimum Gasteiger partial charge on any atom is -0.369 e. The minimum absolute atomic E-state index is 0.710. The summed E-state index contributed by atoms with van der Waals surface area (Å²) in [6.45, 7) is 3.91. The van der Waals surface area contributed by atoms with Gasteiger partial charge in [0, 0.05) is 48.7 Å². The van der Waals surface area contributed by atoms with Crippen molar-refractivity contribution >= 4 is 11.4 Å². The molecule has 0 spiro atoms. The quantitative estimate of drug-likeness (QED) is 0.708. The maximum atomic E-state index is 11.1. The molecule has 4 rings (SSSR count). The molecule has 3 nitrogen and oxygen atoms in total. The Morgan fingerprint density at radius 3 is 1.57 bits per heavy atom. The fourth-order valence-electron chi connectivity index (χ4n) is 3.79. The van der Waals surface area contributed by atoms with Gasteiger partial charge in [0.25, 0.3) is 0 Å². The molecule has 1 atom stereocenters. The van der Waals surface area contributed by atoms with Gasteiger partial charge in [-0.3, -0.25) is 0 Å². The van der Waals surface area contributed by atoms with Gasteiger partial charge in [-0.15, -0.1) is 6.42 Å². The Morgan fingerprint density at radius 1 is 0.643 bits per heavy atom. The lowest BCUT2D eigenvalue weighted by atomic mass is 9.87. The van der Waals surface area contributed by atoms with E-state index in [1.165, 1.54) is 5.69 Å². The van der Waals surface area contributed by atoms with Crippen LogP contribution in [0, 0.1) is 12.3 Å². The van der Waals surface area contributed by atoms with Crippen molar-refractivity contribution in [3.05, 3.63) is 96.1 Å². The van der Waals surface area contributed by atoms with Crippen LogP contribution < -0.4 is 9.80 Å². The van der Waals surface area contributed by atoms with Crippen molar-refractivity contribution in [3.8, 4) is 12.3 Å². The van der Waals surface area contributed by atoms with E-state index in [1.807, 2.05) is 48.5 Å². The second kappa shape index (κ2) is 7.80. The molecule has 1 aliphatic heterocycles. The van der Waals surface area contributed by atoms with Gasteiger partial charge in [0.05, 0.1) is 0 Å². The largest absolute Gasteiger partial charge is 0.369 e. The number of para-hydroxylation sites is 1. The summed E-state index contributed by atoms with van der Waals surface area (Å²) in [6.07, 6.45) is 5.71. The van der Waals surface area contributed by atoms with Gasteiger partial charge in [-0.05, 0) is 24.3 Å². The van der Waals surface area contributed by atoms with E-state index in [0.29, 0.717) is 11.1 Å². The van der Waals surface area contributed by atoms with Crippen LogP contribution in [0.1, 0.15) is 11.1 Å². The molecule has 1 N–H and O–H groups in total. The highest BCUT2D eigenvalue weighted by Crippen LogP contribution is 2.30. The van der Waals surface area contributed by atoms with Gasteiger partial charge < -0.3 is 14.9 Å². The third-order valence-corrected chi connectivity index (χ3v) is 5.45. The number of hydrogen-bond acceptors (Lipinski definition) is 3. The maximum absolute atomic E-state index is 11.1. The number of hydrogen-bond donors (Lipinski definition) is 1. The molecule has 0 saturated carbocycles. The zero-order valence-corrected chi connectivity index (χ0v) is 15.8. The highest BCUT2D eigenvalue weighted by molar-refractivity contribution is 5.54. The molecule has 1 saturated heterocycles. The monoisotopic (exact) mass is 368 g/mol. The zero-order chi connectivity index (χ0) is 19.4. The predicted octanol–water partition coefficient (Wildman–Crippen LogP) is 3.88. The van der Waals surface area contributed by atoms with Crippen LogP contribution in [0.25, 0.3) is 0 Å². The number of rotatable bonds is 4. The van der Waals surface area contributed by atoms with Crippen LogP contribution in [-0.2, 0) is 5.60 Å². The van der Waals surface area contributed by atoms with Crippen LogP contribution in [-0.4, -0.2) is 31.3 Å². The van der Waals surface area contributed by atoms with Crippen molar-refractivity contribution in [2.45, 2.75) is 5.60 Å². The fraction of sp³-hybridized carbons (Fsp3) is 0.200. The van der Waals surface area contributed by atoms with Crippen LogP contribution >= 0.6 is 0 Å². The summed E-state index contributed by atoms with van der Waals surface area (Å²) in [7, 11) is 0. The van der Waals surface area contributed by atoms with E-state index in [4.69, 9.17) is 6.42 Å². The maximum Gasteiger partial charge on any atom is 0.176 e. The summed E-state index contributed by atoms with van der Waals surface area (Å²) in [5.41, 5.74) is 2.45. The minimum atomic E-state index is -1.41. The normalized spacial score (nSPS) is 16.3. The van der Waals surface area contributed by atoms with Crippen molar-refractivity contribution in [3.63, 3.8) is 0 Å². The molecule has 1 heterocycles. The topological polar surface area (TPSA) is 26.7 Å². The molecule has 3 aromatic carbocycles. The third kappa shape index (κ3) is 3.47. The van der Waals surface area contributed by atoms with Gasteiger partial charge >= 0.3 is 0 Å². The lowest BCUT2D eigenvalue weighted by Gasteiger charge is -2.37. The van der Waals surface area contributed by atoms with E-state index >= 15 is 0 Å². The molecule has 3 heteroatoms. The molecule has 1 aliphatic rings. The summed E-state index contributed by atoms with van der Waals surface area (Å²) < 4.78 is 0. The van der Waals surface area contributed by atoms with E-state index in [-0.39, 0.29) is 0 Å². The predicted molar refractivity (Wildman–Crippen MR) is 116 cm³/mol. The number of anilines is 2. The van der Waals surface area contributed by atoms with Crippen molar-refractivity contribution in [2.24, 2.45) is 0 Å². The molecular weight excluding hydrogens is 344 g/mol. The first-order chi connectivity index (χ1) is 13.7. The van der Waals surface area contributed by atoms with Crippen LogP contribution in [0.5, 0.6) is 0 Å². The summed E-state index contributed by atoms with van der Waals surface area (Å²) in [6, 6.07) is 27.9. The Morgan fingerprint density at radius 2 is 1.07 bits per heavy atom. The molecular formula is C25H24N2O. The number of benzene rings is 3. The van der Waals surface area contributed by atoms with E-state index in [9.17, 15) is 5.11 Å². The second-order valence-electron chi connectivity index (χ2n) is 7.08. The standard InChI is InChI=1S/C25H24N2O/c1-2-25(28,21-9-5-3-6-10-21)22-13-15-24(16-14-22)27-19-17-26(18-20-27)23-11-7-4-8-12-23/h1,3-16,28H,17-20H2. The van der Waals surface area contributed by atoms with Crippen LogP contribution in [0.4, 0.5) is 11.4 Å². The number of piperazine rings is 1. The Hall–Kier alpha value is -3.22. The molecule has 0 amide bonds. The van der Waals surface area contributed by atoms with Crippen LogP contribution in [0.2, 0.25) is 0 Å². The van der Waals surface area contributed by atoms with Crippen molar-refractivity contribution in [1.82, 2.24) is 0 Å². The lowest BCUT2D eigenvalue weighted by Crippen LogP contribution is -2.46. The molecule has 0 bridgehead atoms. The molecule has 0 radical (unpaired) electrons. The van der Waals surface area contributed by atoms with E-state index in [1.54, 1.807) is 0 Å². The van der Waals surface area contributed by atoms with Crippen molar-refractivity contribution in [1.29, 1.82) is 0 Å². The highest BCUT2D eigenvalue weighted by atomic mass is 16.3. The molecule has 0 aliphatic carbocycles. The van der Waals surface area contributed by atoms with E-state index in [2.05, 4.69) is 52.1 Å². The summed E-state index contributed by atoms with van der Waals surface area (Å²) in [5.74, 6) is 2.57. The first-order valence-electron chi connectivity index (χ1n) is 9.62. The molecule has 3 aromatic rings. The fourth-order valence-corrected chi connectivity index (χ4v) is 3.79. The molecule has 140 valence electrons. The van der Waals surface area contributed by atoms with Gasteiger partial charge in [-0.25, -0.2) is 0 Å². The Labute approximate surface area is 166 Å². The Kier molecular flexibility index (Phi) is 5.06.